The maximum absolute atomic E-state index is 12.2. The third-order valence-electron chi connectivity index (χ3n) is 2.83. The van der Waals surface area contributed by atoms with Gasteiger partial charge in [-0.05, 0) is 36.4 Å². The SMILES string of the molecule is COc1ccc(NS(=O)(=O)c2ccc(C(=O)O)cc2)c(Cl)c1. The average Bonchev–Trinajstić information content (AvgIpc) is 2.49. The highest BCUT2D eigenvalue weighted by Gasteiger charge is 2.16. The van der Waals surface area contributed by atoms with E-state index in [1.807, 2.05) is 0 Å². The van der Waals surface area contributed by atoms with E-state index in [9.17, 15) is 13.2 Å². The maximum Gasteiger partial charge on any atom is 0.335 e. The van der Waals surface area contributed by atoms with Crippen molar-refractivity contribution in [2.75, 3.05) is 11.8 Å². The second-order valence-corrected chi connectivity index (χ2v) is 6.37. The fourth-order valence-electron chi connectivity index (χ4n) is 1.69. The fourth-order valence-corrected chi connectivity index (χ4v) is 3.04. The van der Waals surface area contributed by atoms with Crippen molar-refractivity contribution in [3.63, 3.8) is 0 Å². The number of anilines is 1. The lowest BCUT2D eigenvalue weighted by Gasteiger charge is -2.10. The van der Waals surface area contributed by atoms with Gasteiger partial charge in [0, 0.05) is 6.07 Å². The smallest absolute Gasteiger partial charge is 0.335 e. The highest BCUT2D eigenvalue weighted by molar-refractivity contribution is 7.92. The van der Waals surface area contributed by atoms with Crippen LogP contribution in [0.3, 0.4) is 0 Å². The predicted molar refractivity (Wildman–Crippen MR) is 82.2 cm³/mol. The van der Waals surface area contributed by atoms with E-state index in [0.29, 0.717) is 5.75 Å². The Hall–Kier alpha value is -2.25. The summed E-state index contributed by atoms with van der Waals surface area (Å²) in [6.07, 6.45) is 0. The fraction of sp³-hybridized carbons (Fsp3) is 0.0714. The van der Waals surface area contributed by atoms with E-state index in [2.05, 4.69) is 4.72 Å². The van der Waals surface area contributed by atoms with Gasteiger partial charge in [0.05, 0.1) is 28.3 Å². The molecule has 0 aromatic heterocycles. The number of halogens is 1. The summed E-state index contributed by atoms with van der Waals surface area (Å²) < 4.78 is 31.8. The molecule has 0 saturated heterocycles. The largest absolute Gasteiger partial charge is 0.497 e. The second-order valence-electron chi connectivity index (χ2n) is 4.28. The first-order chi connectivity index (χ1) is 10.3. The number of rotatable bonds is 5. The Bertz CT molecular complexity index is 802. The molecule has 0 heterocycles. The van der Waals surface area contributed by atoms with Crippen molar-refractivity contribution in [1.82, 2.24) is 0 Å². The Balaban J connectivity index is 2.29. The molecule has 0 unspecified atom stereocenters. The van der Waals surface area contributed by atoms with E-state index in [1.54, 1.807) is 6.07 Å². The van der Waals surface area contributed by atoms with E-state index >= 15 is 0 Å². The van der Waals surface area contributed by atoms with Crippen LogP contribution in [0.4, 0.5) is 5.69 Å². The summed E-state index contributed by atoms with van der Waals surface area (Å²) in [6.45, 7) is 0. The molecule has 22 heavy (non-hydrogen) atoms. The van der Waals surface area contributed by atoms with Crippen LogP contribution in [0.15, 0.2) is 47.4 Å². The number of hydrogen-bond donors (Lipinski definition) is 2. The monoisotopic (exact) mass is 341 g/mol. The molecule has 0 aliphatic carbocycles. The Morgan fingerprint density at radius 3 is 2.32 bits per heavy atom. The molecule has 2 aromatic rings. The normalized spacial score (nSPS) is 11.0. The number of carbonyl (C=O) groups is 1. The molecule has 0 bridgehead atoms. The lowest BCUT2D eigenvalue weighted by atomic mass is 10.2. The minimum Gasteiger partial charge on any atom is -0.497 e. The number of sulfonamides is 1. The molecular weight excluding hydrogens is 330 g/mol. The topological polar surface area (TPSA) is 92.7 Å². The molecule has 0 aliphatic heterocycles. The highest BCUT2D eigenvalue weighted by Crippen LogP contribution is 2.28. The van der Waals surface area contributed by atoms with Crippen molar-refractivity contribution < 1.29 is 23.1 Å². The molecule has 116 valence electrons. The van der Waals surface area contributed by atoms with Gasteiger partial charge in [0.25, 0.3) is 10.0 Å². The van der Waals surface area contributed by atoms with Crippen LogP contribution in [0.25, 0.3) is 0 Å². The van der Waals surface area contributed by atoms with Gasteiger partial charge in [-0.2, -0.15) is 0 Å². The summed E-state index contributed by atoms with van der Waals surface area (Å²) in [6, 6.07) is 9.38. The average molecular weight is 342 g/mol. The van der Waals surface area contributed by atoms with Crippen molar-refractivity contribution >= 4 is 33.3 Å². The van der Waals surface area contributed by atoms with Crippen LogP contribution in [-0.4, -0.2) is 26.6 Å². The molecule has 0 saturated carbocycles. The predicted octanol–water partition coefficient (Wildman–Crippen LogP) is 2.85. The zero-order chi connectivity index (χ0) is 16.3. The molecule has 0 atom stereocenters. The molecule has 0 spiro atoms. The first-order valence-corrected chi connectivity index (χ1v) is 7.89. The minimum absolute atomic E-state index is 0.00132. The number of hydrogen-bond acceptors (Lipinski definition) is 4. The van der Waals surface area contributed by atoms with Crippen LogP contribution in [0.2, 0.25) is 5.02 Å². The van der Waals surface area contributed by atoms with Gasteiger partial charge in [0.15, 0.2) is 0 Å². The third-order valence-corrected chi connectivity index (χ3v) is 4.53. The van der Waals surface area contributed by atoms with Gasteiger partial charge in [0.2, 0.25) is 0 Å². The van der Waals surface area contributed by atoms with Crippen LogP contribution < -0.4 is 9.46 Å². The van der Waals surface area contributed by atoms with Crippen molar-refractivity contribution in [1.29, 1.82) is 0 Å². The van der Waals surface area contributed by atoms with E-state index in [-0.39, 0.29) is 21.2 Å². The third kappa shape index (κ3) is 3.49. The Morgan fingerprint density at radius 1 is 1.18 bits per heavy atom. The zero-order valence-corrected chi connectivity index (χ0v) is 13.0. The number of benzene rings is 2. The summed E-state index contributed by atoms with van der Waals surface area (Å²) >= 11 is 5.98. The van der Waals surface area contributed by atoms with Gasteiger partial charge < -0.3 is 9.84 Å². The molecule has 0 amide bonds. The van der Waals surface area contributed by atoms with Crippen LogP contribution in [0, 0.1) is 0 Å². The van der Waals surface area contributed by atoms with Crippen LogP contribution in [0.1, 0.15) is 10.4 Å². The quantitative estimate of drug-likeness (QED) is 0.872. The minimum atomic E-state index is -3.87. The molecular formula is C14H12ClNO5S. The van der Waals surface area contributed by atoms with E-state index in [0.717, 1.165) is 0 Å². The van der Waals surface area contributed by atoms with Gasteiger partial charge in [-0.1, -0.05) is 11.6 Å². The van der Waals surface area contributed by atoms with Crippen LogP contribution in [-0.2, 0) is 10.0 Å². The van der Waals surface area contributed by atoms with Crippen LogP contribution >= 0.6 is 11.6 Å². The first kappa shape index (κ1) is 16.1. The van der Waals surface area contributed by atoms with Crippen molar-refractivity contribution in [3.05, 3.63) is 53.1 Å². The van der Waals surface area contributed by atoms with Crippen LogP contribution in [0.5, 0.6) is 5.75 Å². The first-order valence-electron chi connectivity index (χ1n) is 6.03. The van der Waals surface area contributed by atoms with Gasteiger partial charge in [0.1, 0.15) is 5.75 Å². The lowest BCUT2D eigenvalue weighted by molar-refractivity contribution is 0.0696. The molecule has 0 aliphatic rings. The van der Waals surface area contributed by atoms with E-state index in [4.69, 9.17) is 21.4 Å². The molecule has 2 N–H and O–H groups in total. The number of ether oxygens (including phenoxy) is 1. The molecule has 0 fully saturated rings. The molecule has 8 heteroatoms. The number of carboxylic acids is 1. The van der Waals surface area contributed by atoms with Gasteiger partial charge >= 0.3 is 5.97 Å². The molecule has 2 rings (SSSR count). The van der Waals surface area contributed by atoms with Gasteiger partial charge in [-0.25, -0.2) is 13.2 Å². The number of carboxylic acid groups (broad SMARTS) is 1. The molecule has 6 nitrogen and oxygen atoms in total. The van der Waals surface area contributed by atoms with E-state index < -0.39 is 16.0 Å². The summed E-state index contributed by atoms with van der Waals surface area (Å²) in [5, 5.41) is 8.99. The van der Waals surface area contributed by atoms with Gasteiger partial charge in [-0.15, -0.1) is 0 Å². The Morgan fingerprint density at radius 2 is 1.82 bits per heavy atom. The summed E-state index contributed by atoms with van der Waals surface area (Å²) in [7, 11) is -2.39. The van der Waals surface area contributed by atoms with Crippen molar-refractivity contribution in [2.45, 2.75) is 4.90 Å². The Labute approximate surface area is 132 Å². The van der Waals surface area contributed by atoms with Gasteiger partial charge in [-0.3, -0.25) is 4.72 Å². The maximum atomic E-state index is 12.2. The number of methoxy groups -OCH3 is 1. The Kier molecular flexibility index (Phi) is 4.58. The summed E-state index contributed by atoms with van der Waals surface area (Å²) in [4.78, 5) is 10.7. The summed E-state index contributed by atoms with van der Waals surface area (Å²) in [5.41, 5.74) is 0.200. The highest BCUT2D eigenvalue weighted by atomic mass is 35.5. The standard InChI is InChI=1S/C14H12ClNO5S/c1-21-10-4-7-13(12(15)8-10)16-22(19,20)11-5-2-9(3-6-11)14(17)18/h2-8,16H,1H3,(H,17,18). The summed E-state index contributed by atoms with van der Waals surface area (Å²) in [5.74, 6) is -0.631. The zero-order valence-electron chi connectivity index (χ0n) is 11.4. The lowest BCUT2D eigenvalue weighted by Crippen LogP contribution is -2.13. The van der Waals surface area contributed by atoms with Crippen molar-refractivity contribution in [2.24, 2.45) is 0 Å². The molecule has 2 aromatic carbocycles. The van der Waals surface area contributed by atoms with Crippen molar-refractivity contribution in [3.8, 4) is 5.75 Å². The van der Waals surface area contributed by atoms with E-state index in [1.165, 1.54) is 43.5 Å². The number of nitrogens with one attached hydrogen (secondary N) is 1. The molecule has 0 radical (unpaired) electrons. The number of aromatic carboxylic acids is 1. The second kappa shape index (κ2) is 6.25.